The second-order valence-corrected chi connectivity index (χ2v) is 5.48. The zero-order valence-electron chi connectivity index (χ0n) is 12.6. The lowest BCUT2D eigenvalue weighted by Crippen LogP contribution is -2.29. The molecule has 2 aromatic carbocycles. The van der Waals surface area contributed by atoms with Gasteiger partial charge in [-0.3, -0.25) is 0 Å². The highest BCUT2D eigenvalue weighted by atomic mass is 16.5. The highest BCUT2D eigenvalue weighted by molar-refractivity contribution is 5.36. The van der Waals surface area contributed by atoms with E-state index in [1.807, 2.05) is 61.5 Å². The number of hydrogen-bond donors (Lipinski definition) is 2. The molecule has 0 spiro atoms. The third-order valence-corrected chi connectivity index (χ3v) is 3.66. The van der Waals surface area contributed by atoms with Crippen LogP contribution in [0.1, 0.15) is 37.4 Å². The van der Waals surface area contributed by atoms with Gasteiger partial charge in [0.1, 0.15) is 18.0 Å². The number of para-hydroxylation sites is 1. The van der Waals surface area contributed by atoms with Crippen LogP contribution in [0.2, 0.25) is 0 Å². The quantitative estimate of drug-likeness (QED) is 0.855. The summed E-state index contributed by atoms with van der Waals surface area (Å²) in [6.45, 7) is 3.98. The predicted molar refractivity (Wildman–Crippen MR) is 85.2 cm³/mol. The molecule has 0 heterocycles. The van der Waals surface area contributed by atoms with Crippen LogP contribution in [0.3, 0.4) is 0 Å². The van der Waals surface area contributed by atoms with Crippen LogP contribution in [0.15, 0.2) is 54.6 Å². The smallest absolute Gasteiger partial charge is 0.124 e. The second-order valence-electron chi connectivity index (χ2n) is 5.48. The molecule has 2 rings (SSSR count). The number of rotatable bonds is 6. The topological polar surface area (TPSA) is 55.5 Å². The average molecular weight is 285 g/mol. The fourth-order valence-corrected chi connectivity index (χ4v) is 2.24. The maximum absolute atomic E-state index is 10.6. The zero-order valence-corrected chi connectivity index (χ0v) is 12.6. The molecule has 0 amide bonds. The maximum Gasteiger partial charge on any atom is 0.124 e. The van der Waals surface area contributed by atoms with Crippen LogP contribution in [0, 0.1) is 0 Å². The van der Waals surface area contributed by atoms with Gasteiger partial charge in [-0.15, -0.1) is 0 Å². The van der Waals surface area contributed by atoms with E-state index >= 15 is 0 Å². The van der Waals surface area contributed by atoms with Crippen molar-refractivity contribution in [2.45, 2.75) is 31.9 Å². The van der Waals surface area contributed by atoms with Gasteiger partial charge in [-0.2, -0.15) is 0 Å². The fourth-order valence-electron chi connectivity index (χ4n) is 2.24. The summed E-state index contributed by atoms with van der Waals surface area (Å²) in [6, 6.07) is 17.2. The van der Waals surface area contributed by atoms with Gasteiger partial charge in [0.2, 0.25) is 0 Å². The van der Waals surface area contributed by atoms with Crippen molar-refractivity contribution in [3.05, 3.63) is 65.7 Å². The van der Waals surface area contributed by atoms with Gasteiger partial charge >= 0.3 is 0 Å². The van der Waals surface area contributed by atoms with Crippen molar-refractivity contribution in [3.8, 4) is 5.75 Å². The molecule has 3 nitrogen and oxygen atoms in total. The first kappa shape index (κ1) is 15.5. The summed E-state index contributed by atoms with van der Waals surface area (Å²) in [4.78, 5) is 0. The predicted octanol–water partition coefficient (Wildman–Crippen LogP) is 3.38. The van der Waals surface area contributed by atoms with Gasteiger partial charge in [0.05, 0.1) is 0 Å². The van der Waals surface area contributed by atoms with E-state index in [4.69, 9.17) is 10.5 Å². The van der Waals surface area contributed by atoms with Crippen molar-refractivity contribution in [1.82, 2.24) is 0 Å². The molecule has 0 saturated heterocycles. The molecule has 0 saturated carbocycles. The monoisotopic (exact) mass is 285 g/mol. The Morgan fingerprint density at radius 3 is 2.38 bits per heavy atom. The number of benzene rings is 2. The van der Waals surface area contributed by atoms with Crippen molar-refractivity contribution < 1.29 is 9.84 Å². The largest absolute Gasteiger partial charge is 0.490 e. The zero-order chi connectivity index (χ0) is 15.3. The highest BCUT2D eigenvalue weighted by Crippen LogP contribution is 2.28. The summed E-state index contributed by atoms with van der Waals surface area (Å²) in [5.41, 5.74) is 6.88. The summed E-state index contributed by atoms with van der Waals surface area (Å²) in [5.74, 6) is 0.739. The Morgan fingerprint density at radius 1 is 1.10 bits per heavy atom. The summed E-state index contributed by atoms with van der Waals surface area (Å²) in [6.07, 6.45) is 0.843. The van der Waals surface area contributed by atoms with Crippen LogP contribution in [-0.2, 0) is 5.60 Å². The summed E-state index contributed by atoms with van der Waals surface area (Å²) in [5, 5.41) is 10.6. The molecule has 21 heavy (non-hydrogen) atoms. The first-order chi connectivity index (χ1) is 10.0. The molecular formula is C18H23NO2. The Balaban J connectivity index is 2.13. The van der Waals surface area contributed by atoms with Crippen LogP contribution in [0.5, 0.6) is 5.75 Å². The van der Waals surface area contributed by atoms with Gasteiger partial charge in [0.25, 0.3) is 0 Å². The number of hydrogen-bond acceptors (Lipinski definition) is 3. The van der Waals surface area contributed by atoms with Gasteiger partial charge in [-0.05, 0) is 25.0 Å². The molecule has 3 N–H and O–H groups in total. The third-order valence-electron chi connectivity index (χ3n) is 3.66. The summed E-state index contributed by atoms with van der Waals surface area (Å²) < 4.78 is 5.85. The number of nitrogens with two attached hydrogens (primary N) is 1. The van der Waals surface area contributed by atoms with Gasteiger partial charge in [0.15, 0.2) is 0 Å². The lowest BCUT2D eigenvalue weighted by Gasteiger charge is -2.25. The van der Waals surface area contributed by atoms with E-state index in [1.54, 1.807) is 6.92 Å². The molecule has 2 aromatic rings. The summed E-state index contributed by atoms with van der Waals surface area (Å²) >= 11 is 0. The van der Waals surface area contributed by atoms with E-state index in [-0.39, 0.29) is 12.6 Å². The van der Waals surface area contributed by atoms with Crippen molar-refractivity contribution >= 4 is 0 Å². The van der Waals surface area contributed by atoms with Gasteiger partial charge in [-0.25, -0.2) is 0 Å². The normalized spacial score (nSPS) is 15.2. The van der Waals surface area contributed by atoms with Crippen LogP contribution in [-0.4, -0.2) is 11.7 Å². The van der Waals surface area contributed by atoms with Crippen molar-refractivity contribution in [3.63, 3.8) is 0 Å². The SMILES string of the molecule is CC[C@@H](N)c1ccccc1OCC(C)(O)c1ccccc1. The van der Waals surface area contributed by atoms with Crippen molar-refractivity contribution in [1.29, 1.82) is 0 Å². The lowest BCUT2D eigenvalue weighted by molar-refractivity contribution is 0.00719. The molecule has 1 unspecified atom stereocenters. The third kappa shape index (κ3) is 3.84. The standard InChI is InChI=1S/C18H23NO2/c1-3-16(19)15-11-7-8-12-17(15)21-13-18(2,20)14-9-5-4-6-10-14/h4-12,16,20H,3,13,19H2,1-2H3/t16-,18?/m1/s1. The summed E-state index contributed by atoms with van der Waals surface area (Å²) in [7, 11) is 0. The van der Waals surface area contributed by atoms with E-state index in [2.05, 4.69) is 0 Å². The molecule has 112 valence electrons. The maximum atomic E-state index is 10.6. The first-order valence-corrected chi connectivity index (χ1v) is 7.30. The second kappa shape index (κ2) is 6.74. The van der Waals surface area contributed by atoms with Crippen molar-refractivity contribution in [2.24, 2.45) is 5.73 Å². The molecule has 0 aromatic heterocycles. The minimum atomic E-state index is -1.04. The Hall–Kier alpha value is -1.84. The van der Waals surface area contributed by atoms with Crippen LogP contribution >= 0.6 is 0 Å². The Kier molecular flexibility index (Phi) is 4.99. The lowest BCUT2D eigenvalue weighted by atomic mass is 9.97. The minimum absolute atomic E-state index is 0.0529. The highest BCUT2D eigenvalue weighted by Gasteiger charge is 2.24. The van der Waals surface area contributed by atoms with E-state index in [1.165, 1.54) is 0 Å². The molecule has 2 atom stereocenters. The van der Waals surface area contributed by atoms with Crippen molar-refractivity contribution in [2.75, 3.05) is 6.61 Å². The molecule has 0 fully saturated rings. The Bertz CT molecular complexity index is 566. The Labute approximate surface area is 126 Å². The number of ether oxygens (including phenoxy) is 1. The van der Waals surface area contributed by atoms with E-state index in [9.17, 15) is 5.11 Å². The van der Waals surface area contributed by atoms with Crippen LogP contribution in [0.4, 0.5) is 0 Å². The fraction of sp³-hybridized carbons (Fsp3) is 0.333. The minimum Gasteiger partial charge on any atom is -0.490 e. The van der Waals surface area contributed by atoms with E-state index in [0.29, 0.717) is 0 Å². The molecule has 0 bridgehead atoms. The first-order valence-electron chi connectivity index (χ1n) is 7.30. The van der Waals surface area contributed by atoms with Gasteiger partial charge in [0, 0.05) is 11.6 Å². The molecule has 0 aliphatic rings. The van der Waals surface area contributed by atoms with Gasteiger partial charge in [-0.1, -0.05) is 55.5 Å². The van der Waals surface area contributed by atoms with E-state index < -0.39 is 5.60 Å². The molecule has 0 aliphatic carbocycles. The number of aliphatic hydroxyl groups is 1. The van der Waals surface area contributed by atoms with Gasteiger partial charge < -0.3 is 15.6 Å². The average Bonchev–Trinajstić information content (AvgIpc) is 2.53. The Morgan fingerprint density at radius 2 is 1.71 bits per heavy atom. The molecule has 0 aliphatic heterocycles. The molecule has 0 radical (unpaired) electrons. The van der Waals surface area contributed by atoms with Crippen LogP contribution in [0.25, 0.3) is 0 Å². The van der Waals surface area contributed by atoms with Crippen LogP contribution < -0.4 is 10.5 Å². The van der Waals surface area contributed by atoms with E-state index in [0.717, 1.165) is 23.3 Å². The molecular weight excluding hydrogens is 262 g/mol. The molecule has 3 heteroatoms.